The molecule has 2 aromatic rings. The summed E-state index contributed by atoms with van der Waals surface area (Å²) in [6.07, 6.45) is 0. The van der Waals surface area contributed by atoms with E-state index in [-0.39, 0.29) is 22.2 Å². The quantitative estimate of drug-likeness (QED) is 0.698. The van der Waals surface area contributed by atoms with Crippen molar-refractivity contribution in [2.45, 2.75) is 13.5 Å². The van der Waals surface area contributed by atoms with E-state index in [2.05, 4.69) is 5.10 Å². The van der Waals surface area contributed by atoms with Gasteiger partial charge in [0.2, 0.25) is 0 Å². The highest BCUT2D eigenvalue weighted by molar-refractivity contribution is 6.44. The van der Waals surface area contributed by atoms with E-state index in [9.17, 15) is 4.79 Å². The van der Waals surface area contributed by atoms with Gasteiger partial charge in [0.1, 0.15) is 6.61 Å². The summed E-state index contributed by atoms with van der Waals surface area (Å²) in [5, 5.41) is 4.51. The van der Waals surface area contributed by atoms with Gasteiger partial charge in [-0.05, 0) is 25.1 Å². The number of nitrogens with zero attached hydrogens (tertiary/aromatic N) is 2. The van der Waals surface area contributed by atoms with Gasteiger partial charge in [-0.15, -0.1) is 0 Å². The molecule has 0 aliphatic carbocycles. The Hall–Kier alpha value is -1.72. The van der Waals surface area contributed by atoms with Gasteiger partial charge in [0.25, 0.3) is 0 Å². The molecular weight excluding hydrogens is 301 g/mol. The number of nitrogen functional groups attached to an aromatic ring is 1. The zero-order valence-corrected chi connectivity index (χ0v) is 12.5. The van der Waals surface area contributed by atoms with Crippen LogP contribution in [0, 0.1) is 6.92 Å². The minimum absolute atomic E-state index is 0.0962. The number of aryl methyl sites for hydroxylation is 2. The van der Waals surface area contributed by atoms with Crippen LogP contribution in [-0.2, 0) is 18.4 Å². The summed E-state index contributed by atoms with van der Waals surface area (Å²) < 4.78 is 6.85. The first kappa shape index (κ1) is 14.7. The monoisotopic (exact) mass is 313 g/mol. The molecule has 106 valence electrons. The molecule has 0 fully saturated rings. The van der Waals surface area contributed by atoms with Crippen molar-refractivity contribution in [2.24, 2.45) is 7.05 Å². The second-order valence-electron chi connectivity index (χ2n) is 4.34. The van der Waals surface area contributed by atoms with Crippen LogP contribution in [-0.4, -0.2) is 15.7 Å². The lowest BCUT2D eigenvalue weighted by Gasteiger charge is -2.08. The Labute approximate surface area is 126 Å². The smallest absolute Gasteiger partial charge is 0.340 e. The maximum atomic E-state index is 12.0. The molecule has 2 N–H and O–H groups in total. The number of nitrogens with two attached hydrogens (primary N) is 1. The Kier molecular flexibility index (Phi) is 4.20. The number of ether oxygens (including phenoxy) is 1. The average Bonchev–Trinajstić information content (AvgIpc) is 2.69. The molecule has 0 amide bonds. The third kappa shape index (κ3) is 3.05. The first-order valence-electron chi connectivity index (χ1n) is 5.79. The molecule has 20 heavy (non-hydrogen) atoms. The summed E-state index contributed by atoms with van der Waals surface area (Å²) in [7, 11) is 1.78. The van der Waals surface area contributed by atoms with Crippen LogP contribution in [0.2, 0.25) is 10.0 Å². The average molecular weight is 314 g/mol. The Bertz CT molecular complexity index is 668. The molecule has 7 heteroatoms. The van der Waals surface area contributed by atoms with Crippen LogP contribution in [0.5, 0.6) is 0 Å². The lowest BCUT2D eigenvalue weighted by molar-refractivity contribution is 0.0464. The SMILES string of the molecule is Cc1cc(COC(=O)c2cc(N)cc(Cl)c2Cl)n(C)n1. The maximum absolute atomic E-state index is 12.0. The number of rotatable bonds is 3. The number of hydrogen-bond acceptors (Lipinski definition) is 4. The van der Waals surface area contributed by atoms with Crippen LogP contribution in [0.4, 0.5) is 5.69 Å². The summed E-state index contributed by atoms with van der Waals surface area (Å²) in [5.41, 5.74) is 7.76. The van der Waals surface area contributed by atoms with Crippen molar-refractivity contribution in [1.29, 1.82) is 0 Å². The number of anilines is 1. The standard InChI is InChI=1S/C13H13Cl2N3O2/c1-7-3-9(18(2)17-7)6-20-13(19)10-4-8(16)5-11(14)12(10)15/h3-5H,6,16H2,1-2H3. The minimum atomic E-state index is -0.581. The van der Waals surface area contributed by atoms with E-state index in [0.717, 1.165) is 11.4 Å². The van der Waals surface area contributed by atoms with Crippen LogP contribution in [0.3, 0.4) is 0 Å². The van der Waals surface area contributed by atoms with Crippen LogP contribution < -0.4 is 5.73 Å². The largest absolute Gasteiger partial charge is 0.456 e. The van der Waals surface area contributed by atoms with Gasteiger partial charge < -0.3 is 10.5 Å². The van der Waals surface area contributed by atoms with Crippen molar-refractivity contribution in [3.05, 3.63) is 45.2 Å². The maximum Gasteiger partial charge on any atom is 0.340 e. The summed E-state index contributed by atoms with van der Waals surface area (Å²) in [5.74, 6) is -0.581. The Morgan fingerprint density at radius 3 is 2.70 bits per heavy atom. The van der Waals surface area contributed by atoms with Crippen molar-refractivity contribution in [2.75, 3.05) is 5.73 Å². The molecule has 0 bridgehead atoms. The molecule has 0 radical (unpaired) electrons. The highest BCUT2D eigenvalue weighted by atomic mass is 35.5. The van der Waals surface area contributed by atoms with Crippen LogP contribution in [0.15, 0.2) is 18.2 Å². The van der Waals surface area contributed by atoms with Crippen LogP contribution >= 0.6 is 23.2 Å². The fourth-order valence-corrected chi connectivity index (χ4v) is 2.19. The number of halogens is 2. The van der Waals surface area contributed by atoms with Gasteiger partial charge in [-0.25, -0.2) is 4.79 Å². The van der Waals surface area contributed by atoms with E-state index in [1.165, 1.54) is 12.1 Å². The summed E-state index contributed by atoms with van der Waals surface area (Å²) in [6, 6.07) is 4.75. The van der Waals surface area contributed by atoms with E-state index < -0.39 is 5.97 Å². The first-order valence-corrected chi connectivity index (χ1v) is 6.55. The van der Waals surface area contributed by atoms with Crippen molar-refractivity contribution in [3.8, 4) is 0 Å². The highest BCUT2D eigenvalue weighted by Gasteiger charge is 2.16. The molecule has 5 nitrogen and oxygen atoms in total. The van der Waals surface area contributed by atoms with Gasteiger partial charge in [0, 0.05) is 12.7 Å². The molecule has 1 aromatic carbocycles. The third-order valence-corrected chi connectivity index (χ3v) is 3.52. The Balaban J connectivity index is 2.15. The summed E-state index contributed by atoms with van der Waals surface area (Å²) in [4.78, 5) is 12.0. The minimum Gasteiger partial charge on any atom is -0.456 e. The number of carbonyl (C=O) groups excluding carboxylic acids is 1. The number of carbonyl (C=O) groups is 1. The molecule has 0 saturated heterocycles. The second-order valence-corrected chi connectivity index (χ2v) is 5.13. The van der Waals surface area contributed by atoms with Gasteiger partial charge in [-0.3, -0.25) is 4.68 Å². The van der Waals surface area contributed by atoms with E-state index >= 15 is 0 Å². The van der Waals surface area contributed by atoms with Gasteiger partial charge in [-0.1, -0.05) is 23.2 Å². The molecule has 1 heterocycles. The molecule has 0 saturated carbocycles. The fourth-order valence-electron chi connectivity index (χ4n) is 1.78. The first-order chi connectivity index (χ1) is 9.38. The van der Waals surface area contributed by atoms with Crippen LogP contribution in [0.1, 0.15) is 21.7 Å². The predicted octanol–water partition coefficient (Wildman–Crippen LogP) is 2.97. The topological polar surface area (TPSA) is 70.1 Å². The van der Waals surface area contributed by atoms with E-state index in [1.807, 2.05) is 13.0 Å². The van der Waals surface area contributed by atoms with Gasteiger partial charge in [0.05, 0.1) is 27.0 Å². The van der Waals surface area contributed by atoms with Crippen LogP contribution in [0.25, 0.3) is 0 Å². The van der Waals surface area contributed by atoms with Crippen molar-refractivity contribution in [3.63, 3.8) is 0 Å². The number of esters is 1. The summed E-state index contributed by atoms with van der Waals surface area (Å²) >= 11 is 11.8. The zero-order chi connectivity index (χ0) is 14.9. The van der Waals surface area contributed by atoms with Gasteiger partial charge in [-0.2, -0.15) is 5.10 Å². The zero-order valence-electron chi connectivity index (χ0n) is 11.0. The molecule has 0 aliphatic heterocycles. The number of benzene rings is 1. The van der Waals surface area contributed by atoms with Crippen molar-refractivity contribution >= 4 is 34.9 Å². The molecule has 0 atom stereocenters. The highest BCUT2D eigenvalue weighted by Crippen LogP contribution is 2.29. The Morgan fingerprint density at radius 2 is 2.10 bits per heavy atom. The summed E-state index contributed by atoms with van der Waals surface area (Å²) in [6.45, 7) is 1.96. The van der Waals surface area contributed by atoms with Gasteiger partial charge in [0.15, 0.2) is 0 Å². The molecule has 2 rings (SSSR count). The lowest BCUT2D eigenvalue weighted by atomic mass is 10.2. The van der Waals surface area contributed by atoms with E-state index in [4.69, 9.17) is 33.7 Å². The molecule has 0 unspecified atom stereocenters. The lowest BCUT2D eigenvalue weighted by Crippen LogP contribution is -2.09. The second kappa shape index (κ2) is 5.73. The van der Waals surface area contributed by atoms with E-state index in [0.29, 0.717) is 5.69 Å². The molecule has 0 spiro atoms. The van der Waals surface area contributed by atoms with Crippen molar-refractivity contribution in [1.82, 2.24) is 9.78 Å². The Morgan fingerprint density at radius 1 is 1.40 bits per heavy atom. The number of hydrogen-bond donors (Lipinski definition) is 1. The normalized spacial score (nSPS) is 10.6. The van der Waals surface area contributed by atoms with E-state index in [1.54, 1.807) is 11.7 Å². The predicted molar refractivity (Wildman–Crippen MR) is 77.9 cm³/mol. The molecular formula is C13H13Cl2N3O2. The third-order valence-electron chi connectivity index (χ3n) is 2.72. The van der Waals surface area contributed by atoms with Crippen molar-refractivity contribution < 1.29 is 9.53 Å². The number of aromatic nitrogens is 2. The van der Waals surface area contributed by atoms with Gasteiger partial charge >= 0.3 is 5.97 Å². The molecule has 0 aliphatic rings. The fraction of sp³-hybridized carbons (Fsp3) is 0.231. The molecule has 1 aromatic heterocycles.